The molecule has 0 heterocycles. The lowest BCUT2D eigenvalue weighted by Crippen LogP contribution is -2.20. The van der Waals surface area contributed by atoms with Crippen LogP contribution in [0.1, 0.15) is 16.7 Å². The summed E-state index contributed by atoms with van der Waals surface area (Å²) in [5, 5.41) is 2.24. The molecule has 0 saturated heterocycles. The number of carbonyl (C=O) groups is 1. The Morgan fingerprint density at radius 3 is 2.54 bits per heavy atom. The highest BCUT2D eigenvalue weighted by atomic mass is 35.5. The molecule has 3 nitrogen and oxygen atoms in total. The Bertz CT molecular complexity index is 760. The van der Waals surface area contributed by atoms with Crippen LogP contribution in [0.3, 0.4) is 0 Å². The zero-order valence-corrected chi connectivity index (χ0v) is 13.8. The second-order valence-electron chi connectivity index (χ2n) is 5.23. The zero-order valence-electron chi connectivity index (χ0n) is 13.0. The quantitative estimate of drug-likeness (QED) is 0.836. The Hall–Kier alpha value is -2.21. The third-order valence-electron chi connectivity index (χ3n) is 3.48. The van der Waals surface area contributed by atoms with Crippen molar-refractivity contribution in [3.8, 4) is 5.75 Å². The molecule has 0 spiro atoms. The lowest BCUT2D eigenvalue weighted by atomic mass is 10.1. The van der Waals surface area contributed by atoms with Gasteiger partial charge < -0.3 is 10.1 Å². The van der Waals surface area contributed by atoms with Crippen molar-refractivity contribution in [3.63, 3.8) is 0 Å². The van der Waals surface area contributed by atoms with Gasteiger partial charge in [-0.05, 0) is 49.2 Å². The fourth-order valence-electron chi connectivity index (χ4n) is 2.00. The number of anilines is 1. The third-order valence-corrected chi connectivity index (χ3v) is 3.80. The van der Waals surface area contributed by atoms with E-state index in [1.54, 1.807) is 6.07 Å². The first kappa shape index (κ1) is 18.1. The van der Waals surface area contributed by atoms with Crippen LogP contribution in [0.2, 0.25) is 5.02 Å². The van der Waals surface area contributed by atoms with Gasteiger partial charge in [0.05, 0.1) is 16.3 Å². The van der Waals surface area contributed by atoms with Gasteiger partial charge in [0.25, 0.3) is 5.91 Å². The van der Waals surface area contributed by atoms with Crippen molar-refractivity contribution in [1.29, 1.82) is 0 Å². The van der Waals surface area contributed by atoms with E-state index in [0.29, 0.717) is 5.75 Å². The monoisotopic (exact) mass is 357 g/mol. The van der Waals surface area contributed by atoms with Crippen molar-refractivity contribution in [2.45, 2.75) is 20.0 Å². The van der Waals surface area contributed by atoms with Crippen molar-refractivity contribution >= 4 is 23.2 Å². The SMILES string of the molecule is Cc1cccc(OCC(=O)Nc2ccc(C(F)(F)F)cc2Cl)c1C. The fraction of sp³-hybridized carbons (Fsp3) is 0.235. The average Bonchev–Trinajstić information content (AvgIpc) is 2.50. The van der Waals surface area contributed by atoms with Crippen LogP contribution in [-0.4, -0.2) is 12.5 Å². The molecule has 0 aliphatic carbocycles. The number of aryl methyl sites for hydroxylation is 1. The van der Waals surface area contributed by atoms with Gasteiger partial charge in [-0.3, -0.25) is 4.79 Å². The van der Waals surface area contributed by atoms with Crippen LogP contribution >= 0.6 is 11.6 Å². The van der Waals surface area contributed by atoms with Crippen molar-refractivity contribution in [1.82, 2.24) is 0 Å². The minimum absolute atomic E-state index is 0.0965. The Labute approximate surface area is 142 Å². The first-order valence-electron chi connectivity index (χ1n) is 7.04. The number of alkyl halides is 3. The molecule has 0 saturated carbocycles. The number of amides is 1. The van der Waals surface area contributed by atoms with Gasteiger partial charge in [0.1, 0.15) is 5.75 Å². The van der Waals surface area contributed by atoms with Gasteiger partial charge in [-0.2, -0.15) is 13.2 Å². The summed E-state index contributed by atoms with van der Waals surface area (Å²) in [5.41, 5.74) is 1.16. The van der Waals surface area contributed by atoms with Crippen LogP contribution in [0.15, 0.2) is 36.4 Å². The first-order valence-corrected chi connectivity index (χ1v) is 7.42. The van der Waals surface area contributed by atoms with Crippen LogP contribution in [-0.2, 0) is 11.0 Å². The predicted octanol–water partition coefficient (Wildman–Crippen LogP) is 4.99. The van der Waals surface area contributed by atoms with Crippen molar-refractivity contribution in [2.24, 2.45) is 0 Å². The highest BCUT2D eigenvalue weighted by Gasteiger charge is 2.31. The molecule has 0 aromatic heterocycles. The largest absolute Gasteiger partial charge is 0.483 e. The summed E-state index contributed by atoms with van der Waals surface area (Å²) >= 11 is 5.79. The molecule has 0 bridgehead atoms. The van der Waals surface area contributed by atoms with Crippen LogP contribution in [0.25, 0.3) is 0 Å². The molecule has 7 heteroatoms. The van der Waals surface area contributed by atoms with Crippen molar-refractivity contribution < 1.29 is 22.7 Å². The maximum Gasteiger partial charge on any atom is 0.416 e. The maximum atomic E-state index is 12.6. The van der Waals surface area contributed by atoms with Gasteiger partial charge >= 0.3 is 6.18 Å². The van der Waals surface area contributed by atoms with E-state index in [9.17, 15) is 18.0 Å². The minimum Gasteiger partial charge on any atom is -0.483 e. The molecule has 0 aliphatic rings. The Balaban J connectivity index is 2.01. The smallest absolute Gasteiger partial charge is 0.416 e. The fourth-order valence-corrected chi connectivity index (χ4v) is 2.23. The van der Waals surface area contributed by atoms with E-state index in [2.05, 4.69) is 5.32 Å². The zero-order chi connectivity index (χ0) is 17.9. The molecule has 0 unspecified atom stereocenters. The number of ether oxygens (including phenoxy) is 1. The lowest BCUT2D eigenvalue weighted by molar-refractivity contribution is -0.137. The summed E-state index contributed by atoms with van der Waals surface area (Å²) in [7, 11) is 0. The Morgan fingerprint density at radius 2 is 1.92 bits per heavy atom. The Kier molecular flexibility index (Phi) is 5.39. The standard InChI is InChI=1S/C17H15ClF3NO2/c1-10-4-3-5-15(11(10)2)24-9-16(23)22-14-7-6-12(8-13(14)18)17(19,20)21/h3-8H,9H2,1-2H3,(H,22,23). The first-order chi connectivity index (χ1) is 11.2. The van der Waals surface area contributed by atoms with Crippen LogP contribution in [0, 0.1) is 13.8 Å². The molecule has 24 heavy (non-hydrogen) atoms. The topological polar surface area (TPSA) is 38.3 Å². The van der Waals surface area contributed by atoms with Crippen LogP contribution < -0.4 is 10.1 Å². The Morgan fingerprint density at radius 1 is 1.21 bits per heavy atom. The molecular formula is C17H15ClF3NO2. The average molecular weight is 358 g/mol. The number of nitrogens with one attached hydrogen (secondary N) is 1. The normalized spacial score (nSPS) is 11.2. The van der Waals surface area contributed by atoms with Gasteiger partial charge in [0.15, 0.2) is 6.61 Å². The van der Waals surface area contributed by atoms with Gasteiger partial charge in [-0.1, -0.05) is 23.7 Å². The molecular weight excluding hydrogens is 343 g/mol. The van der Waals surface area contributed by atoms with E-state index in [-0.39, 0.29) is 17.3 Å². The molecule has 2 rings (SSSR count). The summed E-state index contributed by atoms with van der Waals surface area (Å²) in [4.78, 5) is 11.9. The molecule has 0 radical (unpaired) electrons. The second kappa shape index (κ2) is 7.13. The van der Waals surface area contributed by atoms with Crippen molar-refractivity contribution in [3.05, 3.63) is 58.1 Å². The number of rotatable bonds is 4. The molecule has 1 N–H and O–H groups in total. The van der Waals surface area contributed by atoms with Gasteiger partial charge in [-0.25, -0.2) is 0 Å². The number of hydrogen-bond acceptors (Lipinski definition) is 2. The van der Waals surface area contributed by atoms with E-state index >= 15 is 0 Å². The van der Waals surface area contributed by atoms with E-state index in [0.717, 1.165) is 29.3 Å². The molecule has 2 aromatic rings. The lowest BCUT2D eigenvalue weighted by Gasteiger charge is -2.13. The van der Waals surface area contributed by atoms with Crippen LogP contribution in [0.5, 0.6) is 5.75 Å². The van der Waals surface area contributed by atoms with E-state index in [4.69, 9.17) is 16.3 Å². The van der Waals surface area contributed by atoms with E-state index < -0.39 is 17.6 Å². The molecule has 0 aliphatic heterocycles. The predicted molar refractivity (Wildman–Crippen MR) is 86.5 cm³/mol. The summed E-state index contributed by atoms with van der Waals surface area (Å²) in [6.07, 6.45) is -4.49. The maximum absolute atomic E-state index is 12.6. The number of hydrogen-bond donors (Lipinski definition) is 1. The molecule has 2 aromatic carbocycles. The van der Waals surface area contributed by atoms with Gasteiger partial charge in [0, 0.05) is 0 Å². The third kappa shape index (κ3) is 4.41. The van der Waals surface area contributed by atoms with E-state index in [1.165, 1.54) is 0 Å². The molecule has 128 valence electrons. The van der Waals surface area contributed by atoms with E-state index in [1.807, 2.05) is 26.0 Å². The summed E-state index contributed by atoms with van der Waals surface area (Å²) in [6.45, 7) is 3.52. The molecule has 0 atom stereocenters. The second-order valence-corrected chi connectivity index (χ2v) is 5.63. The number of benzene rings is 2. The highest BCUT2D eigenvalue weighted by Crippen LogP contribution is 2.33. The van der Waals surface area contributed by atoms with Crippen molar-refractivity contribution in [2.75, 3.05) is 11.9 Å². The summed E-state index contributed by atoms with van der Waals surface area (Å²) < 4.78 is 43.2. The molecule has 0 fully saturated rings. The summed E-state index contributed by atoms with van der Waals surface area (Å²) in [5.74, 6) is 0.0567. The van der Waals surface area contributed by atoms with Crippen LogP contribution in [0.4, 0.5) is 18.9 Å². The van der Waals surface area contributed by atoms with Gasteiger partial charge in [0.2, 0.25) is 0 Å². The summed E-state index contributed by atoms with van der Waals surface area (Å²) in [6, 6.07) is 8.20. The minimum atomic E-state index is -4.49. The van der Waals surface area contributed by atoms with Gasteiger partial charge in [-0.15, -0.1) is 0 Å². The highest BCUT2D eigenvalue weighted by molar-refractivity contribution is 6.33. The number of halogens is 4. The molecule has 1 amide bonds. The number of carbonyl (C=O) groups excluding carboxylic acids is 1.